The number of rotatable bonds is 15. The summed E-state index contributed by atoms with van der Waals surface area (Å²) >= 11 is 0. The van der Waals surface area contributed by atoms with E-state index in [-0.39, 0.29) is 12.5 Å². The van der Waals surface area contributed by atoms with Crippen LogP contribution in [0.3, 0.4) is 0 Å². The first kappa shape index (κ1) is 28.3. The number of aliphatic carboxylic acids is 1. The Labute approximate surface area is 223 Å². The summed E-state index contributed by atoms with van der Waals surface area (Å²) in [5, 5.41) is 15.4. The molecular weight excluding hydrogens is 486 g/mol. The maximum Gasteiger partial charge on any atom is 0.326 e. The van der Waals surface area contributed by atoms with Crippen LogP contribution in [0.4, 0.5) is 5.82 Å². The van der Waals surface area contributed by atoms with E-state index in [1.54, 1.807) is 43.6 Å². The van der Waals surface area contributed by atoms with Gasteiger partial charge in [0.05, 0.1) is 19.8 Å². The van der Waals surface area contributed by atoms with Gasteiger partial charge in [0.1, 0.15) is 29.1 Å². The summed E-state index contributed by atoms with van der Waals surface area (Å²) < 4.78 is 16.6. The summed E-state index contributed by atoms with van der Waals surface area (Å²) in [6.07, 6.45) is 3.26. The van der Waals surface area contributed by atoms with Gasteiger partial charge in [0.25, 0.3) is 5.91 Å². The fraction of sp³-hybridized carbons (Fsp3) is 0.345. The molecule has 1 atom stereocenters. The minimum absolute atomic E-state index is 0.0251. The molecule has 0 aliphatic carbocycles. The zero-order chi connectivity index (χ0) is 27.3. The third kappa shape index (κ3) is 9.31. The molecule has 3 rings (SSSR count). The van der Waals surface area contributed by atoms with Gasteiger partial charge in [-0.15, -0.1) is 0 Å². The van der Waals surface area contributed by atoms with Gasteiger partial charge >= 0.3 is 5.97 Å². The van der Waals surface area contributed by atoms with Crippen LogP contribution < -0.4 is 24.8 Å². The highest BCUT2D eigenvalue weighted by Crippen LogP contribution is 2.17. The Morgan fingerprint density at radius 1 is 0.974 bits per heavy atom. The van der Waals surface area contributed by atoms with Crippen LogP contribution in [-0.4, -0.2) is 54.4 Å². The van der Waals surface area contributed by atoms with E-state index >= 15 is 0 Å². The number of hydrogen-bond acceptors (Lipinski definition) is 7. The van der Waals surface area contributed by atoms with Crippen molar-refractivity contribution in [3.63, 3.8) is 0 Å². The first-order valence-electron chi connectivity index (χ1n) is 12.6. The predicted molar refractivity (Wildman–Crippen MR) is 145 cm³/mol. The molecule has 38 heavy (non-hydrogen) atoms. The molecule has 0 fully saturated rings. The van der Waals surface area contributed by atoms with Crippen LogP contribution in [0.1, 0.15) is 42.6 Å². The number of carboxylic acids is 1. The van der Waals surface area contributed by atoms with Gasteiger partial charge < -0.3 is 30.0 Å². The maximum atomic E-state index is 12.6. The summed E-state index contributed by atoms with van der Waals surface area (Å²) in [7, 11) is 1.62. The molecule has 0 saturated carbocycles. The van der Waals surface area contributed by atoms with E-state index in [2.05, 4.69) is 15.6 Å². The molecule has 0 bridgehead atoms. The molecule has 0 radical (unpaired) electrons. The Balaban J connectivity index is 1.40. The Hall–Kier alpha value is -4.27. The predicted octanol–water partition coefficient (Wildman–Crippen LogP) is 4.57. The van der Waals surface area contributed by atoms with E-state index in [1.807, 2.05) is 44.2 Å². The highest BCUT2D eigenvalue weighted by Gasteiger charge is 2.20. The second-order valence-electron chi connectivity index (χ2n) is 8.95. The summed E-state index contributed by atoms with van der Waals surface area (Å²) in [6.45, 7) is 5.08. The molecule has 1 heterocycles. The van der Waals surface area contributed by atoms with Gasteiger partial charge in [-0.3, -0.25) is 4.79 Å². The molecule has 0 saturated heterocycles. The van der Waals surface area contributed by atoms with Crippen molar-refractivity contribution in [2.45, 2.75) is 45.3 Å². The first-order chi connectivity index (χ1) is 18.3. The molecular formula is C29H35N3O6. The lowest BCUT2D eigenvalue weighted by Crippen LogP contribution is -2.41. The second kappa shape index (κ2) is 14.5. The number of anilines is 1. The van der Waals surface area contributed by atoms with E-state index in [1.165, 1.54) is 0 Å². The lowest BCUT2D eigenvalue weighted by atomic mass is 10.0. The number of carboxylic acid groups (broad SMARTS) is 1. The smallest absolute Gasteiger partial charge is 0.326 e. The summed E-state index contributed by atoms with van der Waals surface area (Å²) in [6, 6.07) is 16.8. The number of nitrogens with zero attached hydrogens (tertiary/aromatic N) is 1. The molecule has 9 heteroatoms. The highest BCUT2D eigenvalue weighted by molar-refractivity contribution is 5.96. The van der Waals surface area contributed by atoms with Crippen LogP contribution in [0, 0.1) is 0 Å². The third-order valence-electron chi connectivity index (χ3n) is 5.60. The molecule has 0 unspecified atom stereocenters. The number of hydrogen-bond donors (Lipinski definition) is 3. The number of pyridine rings is 1. The number of aryl methyl sites for hydroxylation is 1. The molecule has 0 spiro atoms. The number of carbonyl (C=O) groups is 2. The number of benzene rings is 2. The van der Waals surface area contributed by atoms with Gasteiger partial charge in [-0.25, -0.2) is 9.78 Å². The van der Waals surface area contributed by atoms with E-state index in [4.69, 9.17) is 14.2 Å². The molecule has 0 aliphatic heterocycles. The largest absolute Gasteiger partial charge is 0.497 e. The van der Waals surface area contributed by atoms with Gasteiger partial charge in [0.15, 0.2) is 0 Å². The molecule has 0 aliphatic rings. The average Bonchev–Trinajstić information content (AvgIpc) is 2.91. The molecule has 3 N–H and O–H groups in total. The van der Waals surface area contributed by atoms with Crippen molar-refractivity contribution in [2.24, 2.45) is 0 Å². The molecule has 1 amide bonds. The fourth-order valence-corrected chi connectivity index (χ4v) is 3.63. The number of carbonyl (C=O) groups excluding carboxylic acids is 1. The van der Waals surface area contributed by atoms with E-state index < -0.39 is 17.9 Å². The van der Waals surface area contributed by atoms with Gasteiger partial charge in [-0.05, 0) is 81.1 Å². The van der Waals surface area contributed by atoms with E-state index in [9.17, 15) is 14.7 Å². The van der Waals surface area contributed by atoms with Crippen molar-refractivity contribution >= 4 is 17.7 Å². The maximum absolute atomic E-state index is 12.6. The molecule has 202 valence electrons. The van der Waals surface area contributed by atoms with Crippen LogP contribution in [-0.2, 0) is 11.2 Å². The number of amides is 1. The van der Waals surface area contributed by atoms with E-state index in [0.717, 1.165) is 29.3 Å². The minimum Gasteiger partial charge on any atom is -0.497 e. The summed E-state index contributed by atoms with van der Waals surface area (Å²) in [5.74, 6) is 1.38. The monoisotopic (exact) mass is 521 g/mol. The van der Waals surface area contributed by atoms with Crippen LogP contribution in [0.25, 0.3) is 0 Å². The highest BCUT2D eigenvalue weighted by atomic mass is 16.5. The van der Waals surface area contributed by atoms with Crippen molar-refractivity contribution in [3.8, 4) is 17.2 Å². The van der Waals surface area contributed by atoms with Crippen LogP contribution in [0.15, 0.2) is 66.9 Å². The Kier molecular flexibility index (Phi) is 10.8. The van der Waals surface area contributed by atoms with Crippen LogP contribution >= 0.6 is 0 Å². The number of ether oxygens (including phenoxy) is 3. The molecule has 3 aromatic rings. The summed E-state index contributed by atoms with van der Waals surface area (Å²) in [5.41, 5.74) is 1.34. The molecule has 9 nitrogen and oxygen atoms in total. The van der Waals surface area contributed by atoms with Gasteiger partial charge in [-0.1, -0.05) is 12.1 Å². The quantitative estimate of drug-likeness (QED) is 0.249. The normalized spacial score (nSPS) is 11.5. The van der Waals surface area contributed by atoms with Crippen molar-refractivity contribution in [3.05, 3.63) is 78.0 Å². The lowest BCUT2D eigenvalue weighted by Gasteiger charge is -2.15. The van der Waals surface area contributed by atoms with Gasteiger partial charge in [-0.2, -0.15) is 0 Å². The van der Waals surface area contributed by atoms with Crippen molar-refractivity contribution in [2.75, 3.05) is 25.6 Å². The van der Waals surface area contributed by atoms with Crippen LogP contribution in [0.5, 0.6) is 17.2 Å². The van der Waals surface area contributed by atoms with E-state index in [0.29, 0.717) is 30.9 Å². The fourth-order valence-electron chi connectivity index (χ4n) is 3.63. The first-order valence-corrected chi connectivity index (χ1v) is 12.6. The van der Waals surface area contributed by atoms with Gasteiger partial charge in [0.2, 0.25) is 0 Å². The number of aromatic nitrogens is 1. The minimum atomic E-state index is -1.07. The standard InChI is InChI=1S/C29H35N3O6/c1-20(2)38-24-12-8-22(9-13-24)28(33)32-26(29(34)35)14-7-21-5-10-23(11-6-21)37-18-4-16-30-27-19-25(36-3)15-17-31-27/h5-6,8-13,15,17,19-20,26H,4,7,14,16,18H2,1-3H3,(H,30,31)(H,32,33)(H,34,35)/t26-/m0/s1. The number of methoxy groups -OCH3 is 1. The lowest BCUT2D eigenvalue weighted by molar-refractivity contribution is -0.139. The Bertz CT molecular complexity index is 1170. The van der Waals surface area contributed by atoms with Crippen molar-refractivity contribution < 1.29 is 28.9 Å². The average molecular weight is 522 g/mol. The zero-order valence-corrected chi connectivity index (χ0v) is 22.0. The Morgan fingerprint density at radius 3 is 2.34 bits per heavy atom. The van der Waals surface area contributed by atoms with Crippen LogP contribution in [0.2, 0.25) is 0 Å². The second-order valence-corrected chi connectivity index (χ2v) is 8.95. The number of nitrogens with one attached hydrogen (secondary N) is 2. The van der Waals surface area contributed by atoms with Gasteiger partial charge in [0, 0.05) is 24.4 Å². The summed E-state index contributed by atoms with van der Waals surface area (Å²) in [4.78, 5) is 28.5. The molecule has 1 aromatic heterocycles. The topological polar surface area (TPSA) is 119 Å². The molecule has 2 aromatic carbocycles. The SMILES string of the molecule is COc1ccnc(NCCCOc2ccc(CC[C@H](NC(=O)c3ccc(OC(C)C)cc3)C(=O)O)cc2)c1. The van der Waals surface area contributed by atoms with Crippen molar-refractivity contribution in [1.29, 1.82) is 0 Å². The third-order valence-corrected chi connectivity index (χ3v) is 5.60. The Morgan fingerprint density at radius 2 is 1.68 bits per heavy atom. The van der Waals surface area contributed by atoms with Crippen molar-refractivity contribution in [1.82, 2.24) is 10.3 Å². The zero-order valence-electron chi connectivity index (χ0n) is 22.0.